The number of methoxy groups -OCH3 is 3. The zero-order valence-corrected chi connectivity index (χ0v) is 20.2. The lowest BCUT2D eigenvalue weighted by Crippen LogP contribution is -2.13. The molecule has 1 amide bonds. The first-order chi connectivity index (χ1) is 17.5. The summed E-state index contributed by atoms with van der Waals surface area (Å²) in [6, 6.07) is 19.9. The van der Waals surface area contributed by atoms with Crippen molar-refractivity contribution in [3.8, 4) is 28.5 Å². The molecule has 36 heavy (non-hydrogen) atoms. The van der Waals surface area contributed by atoms with E-state index in [0.717, 1.165) is 11.1 Å². The van der Waals surface area contributed by atoms with Crippen LogP contribution in [0.3, 0.4) is 0 Å². The summed E-state index contributed by atoms with van der Waals surface area (Å²) in [5, 5.41) is 6.04. The number of nitrogens with one attached hydrogen (secondary N) is 2. The molecule has 0 spiro atoms. The smallest absolute Gasteiger partial charge is 0.255 e. The molecular formula is C27H27N5O4. The number of carbonyl (C=O) groups excluding carboxylic acids is 1. The minimum absolute atomic E-state index is 0.228. The van der Waals surface area contributed by atoms with Crippen LogP contribution in [0.1, 0.15) is 15.9 Å². The Balaban J connectivity index is 1.44. The maximum atomic E-state index is 12.5. The minimum atomic E-state index is -0.228. The van der Waals surface area contributed by atoms with E-state index in [2.05, 4.69) is 20.6 Å². The van der Waals surface area contributed by atoms with Crippen molar-refractivity contribution in [3.63, 3.8) is 0 Å². The third-order valence-electron chi connectivity index (χ3n) is 5.49. The van der Waals surface area contributed by atoms with Crippen LogP contribution in [-0.4, -0.2) is 37.2 Å². The number of carbonyl (C=O) groups is 1. The van der Waals surface area contributed by atoms with Crippen LogP contribution < -0.4 is 30.6 Å². The van der Waals surface area contributed by atoms with E-state index in [1.54, 1.807) is 57.9 Å². The van der Waals surface area contributed by atoms with Crippen LogP contribution in [0.25, 0.3) is 11.3 Å². The normalized spacial score (nSPS) is 10.4. The molecule has 1 heterocycles. The van der Waals surface area contributed by atoms with Gasteiger partial charge in [0.15, 0.2) is 11.5 Å². The van der Waals surface area contributed by atoms with Crippen molar-refractivity contribution in [2.24, 2.45) is 0 Å². The maximum absolute atomic E-state index is 12.5. The van der Waals surface area contributed by atoms with Gasteiger partial charge in [-0.05, 0) is 48.0 Å². The van der Waals surface area contributed by atoms with E-state index in [0.29, 0.717) is 52.4 Å². The van der Waals surface area contributed by atoms with E-state index in [1.165, 1.54) is 0 Å². The van der Waals surface area contributed by atoms with E-state index in [1.807, 2.05) is 36.4 Å². The highest BCUT2D eigenvalue weighted by molar-refractivity contribution is 6.05. The van der Waals surface area contributed by atoms with Gasteiger partial charge in [0.1, 0.15) is 0 Å². The SMILES string of the molecule is COc1cc(-c2ccnc(NCc3ccc(C(=O)Nc4ccccc4N)cc3)n2)cc(OC)c1OC. The molecule has 0 aliphatic carbocycles. The minimum Gasteiger partial charge on any atom is -0.493 e. The number of amides is 1. The standard InChI is InChI=1S/C27H27N5O4/c1-34-23-14-19(15-24(35-2)25(23)36-3)21-12-13-29-27(32-21)30-16-17-8-10-18(11-9-17)26(33)31-22-7-5-4-6-20(22)28/h4-15H,16,28H2,1-3H3,(H,31,33)(H,29,30,32). The van der Waals surface area contributed by atoms with Gasteiger partial charge < -0.3 is 30.6 Å². The van der Waals surface area contributed by atoms with E-state index < -0.39 is 0 Å². The lowest BCUT2D eigenvalue weighted by molar-refractivity contribution is 0.102. The fourth-order valence-electron chi connectivity index (χ4n) is 3.59. The number of nitrogens with two attached hydrogens (primary N) is 1. The Morgan fingerprint density at radius 1 is 0.917 bits per heavy atom. The molecule has 184 valence electrons. The maximum Gasteiger partial charge on any atom is 0.255 e. The van der Waals surface area contributed by atoms with Gasteiger partial charge in [0, 0.05) is 23.9 Å². The summed E-state index contributed by atoms with van der Waals surface area (Å²) in [6.07, 6.45) is 1.68. The summed E-state index contributed by atoms with van der Waals surface area (Å²) < 4.78 is 16.3. The van der Waals surface area contributed by atoms with Crippen molar-refractivity contribution < 1.29 is 19.0 Å². The van der Waals surface area contributed by atoms with Gasteiger partial charge in [-0.2, -0.15) is 0 Å². The van der Waals surface area contributed by atoms with Gasteiger partial charge in [0.2, 0.25) is 11.7 Å². The van der Waals surface area contributed by atoms with Crippen LogP contribution in [0.5, 0.6) is 17.2 Å². The van der Waals surface area contributed by atoms with Crippen LogP contribution in [0.4, 0.5) is 17.3 Å². The Morgan fingerprint density at radius 3 is 2.25 bits per heavy atom. The second kappa shape index (κ2) is 11.1. The third-order valence-corrected chi connectivity index (χ3v) is 5.49. The fraction of sp³-hybridized carbons (Fsp3) is 0.148. The summed E-state index contributed by atoms with van der Waals surface area (Å²) in [5.74, 6) is 1.83. The highest BCUT2D eigenvalue weighted by atomic mass is 16.5. The molecule has 3 aromatic carbocycles. The van der Waals surface area contributed by atoms with Crippen LogP contribution >= 0.6 is 0 Å². The number of benzene rings is 3. The Morgan fingerprint density at radius 2 is 1.61 bits per heavy atom. The predicted molar refractivity (Wildman–Crippen MR) is 140 cm³/mol. The van der Waals surface area contributed by atoms with E-state index in [4.69, 9.17) is 19.9 Å². The van der Waals surface area contributed by atoms with Gasteiger partial charge in [0.25, 0.3) is 5.91 Å². The Labute approximate surface area is 209 Å². The number of nitrogen functional groups attached to an aromatic ring is 1. The van der Waals surface area contributed by atoms with Crippen LogP contribution in [-0.2, 0) is 6.54 Å². The molecule has 4 rings (SSSR count). The van der Waals surface area contributed by atoms with Crippen LogP contribution in [0.2, 0.25) is 0 Å². The first-order valence-corrected chi connectivity index (χ1v) is 11.1. The van der Waals surface area contributed by atoms with Crippen molar-refractivity contribution in [1.29, 1.82) is 0 Å². The van der Waals surface area contributed by atoms with E-state index in [-0.39, 0.29) is 5.91 Å². The predicted octanol–water partition coefficient (Wildman–Crippen LogP) is 4.62. The van der Waals surface area contributed by atoms with Crippen molar-refractivity contribution >= 4 is 23.2 Å². The van der Waals surface area contributed by atoms with Crippen molar-refractivity contribution in [3.05, 3.63) is 84.1 Å². The molecule has 0 fully saturated rings. The molecular weight excluding hydrogens is 458 g/mol. The summed E-state index contributed by atoms with van der Waals surface area (Å²) in [6.45, 7) is 0.478. The molecule has 0 radical (unpaired) electrons. The van der Waals surface area contributed by atoms with Crippen molar-refractivity contribution in [1.82, 2.24) is 9.97 Å². The number of hydrogen-bond acceptors (Lipinski definition) is 8. The summed E-state index contributed by atoms with van der Waals surface area (Å²) in [5.41, 5.74) is 9.98. The topological polar surface area (TPSA) is 121 Å². The number of ether oxygens (including phenoxy) is 3. The highest BCUT2D eigenvalue weighted by Crippen LogP contribution is 2.40. The van der Waals surface area contributed by atoms with Gasteiger partial charge in [-0.15, -0.1) is 0 Å². The Bertz CT molecular complexity index is 1330. The Kier molecular flexibility index (Phi) is 7.50. The number of rotatable bonds is 9. The van der Waals surface area contributed by atoms with Gasteiger partial charge in [-0.3, -0.25) is 4.79 Å². The molecule has 0 bridgehead atoms. The first kappa shape index (κ1) is 24.3. The van der Waals surface area contributed by atoms with Crippen LogP contribution in [0.15, 0.2) is 72.9 Å². The molecule has 9 nitrogen and oxygen atoms in total. The van der Waals surface area contributed by atoms with Gasteiger partial charge in [-0.25, -0.2) is 9.97 Å². The lowest BCUT2D eigenvalue weighted by Gasteiger charge is -2.14. The molecule has 1 aromatic heterocycles. The van der Waals surface area contributed by atoms with Crippen molar-refractivity contribution in [2.75, 3.05) is 37.7 Å². The molecule has 0 aliphatic rings. The second-order valence-corrected chi connectivity index (χ2v) is 7.77. The summed E-state index contributed by atoms with van der Waals surface area (Å²) in [4.78, 5) is 21.5. The lowest BCUT2D eigenvalue weighted by atomic mass is 10.1. The summed E-state index contributed by atoms with van der Waals surface area (Å²) >= 11 is 0. The largest absolute Gasteiger partial charge is 0.493 e. The van der Waals surface area contributed by atoms with E-state index >= 15 is 0 Å². The number of para-hydroxylation sites is 2. The molecule has 0 saturated heterocycles. The number of anilines is 3. The van der Waals surface area contributed by atoms with Gasteiger partial charge in [-0.1, -0.05) is 24.3 Å². The quantitative estimate of drug-likeness (QED) is 0.294. The van der Waals surface area contributed by atoms with Crippen LogP contribution in [0, 0.1) is 0 Å². The molecule has 4 N–H and O–H groups in total. The molecule has 0 atom stereocenters. The number of aromatic nitrogens is 2. The average molecular weight is 486 g/mol. The van der Waals surface area contributed by atoms with Gasteiger partial charge in [0.05, 0.1) is 38.4 Å². The second-order valence-electron chi connectivity index (χ2n) is 7.77. The molecule has 0 unspecified atom stereocenters. The zero-order chi connectivity index (χ0) is 25.5. The number of hydrogen-bond donors (Lipinski definition) is 3. The molecule has 9 heteroatoms. The van der Waals surface area contributed by atoms with Crippen molar-refractivity contribution in [2.45, 2.75) is 6.54 Å². The van der Waals surface area contributed by atoms with E-state index in [9.17, 15) is 4.79 Å². The molecule has 0 aliphatic heterocycles. The fourth-order valence-corrected chi connectivity index (χ4v) is 3.59. The Hall–Kier alpha value is -4.79. The summed E-state index contributed by atoms with van der Waals surface area (Å²) in [7, 11) is 4.70. The molecule has 0 saturated carbocycles. The zero-order valence-electron chi connectivity index (χ0n) is 20.2. The average Bonchev–Trinajstić information content (AvgIpc) is 2.92. The van der Waals surface area contributed by atoms with Gasteiger partial charge >= 0.3 is 0 Å². The molecule has 4 aromatic rings. The monoisotopic (exact) mass is 485 g/mol. The third kappa shape index (κ3) is 5.47. The highest BCUT2D eigenvalue weighted by Gasteiger charge is 2.15. The first-order valence-electron chi connectivity index (χ1n) is 11.1. The number of nitrogens with zero attached hydrogens (tertiary/aromatic N) is 2.